The lowest BCUT2D eigenvalue weighted by Gasteiger charge is -2.09. The van der Waals surface area contributed by atoms with E-state index in [2.05, 4.69) is 15.3 Å². The molecule has 3 aromatic rings. The van der Waals surface area contributed by atoms with Gasteiger partial charge in [-0.3, -0.25) is 9.59 Å². The molecule has 0 fully saturated rings. The second kappa shape index (κ2) is 9.57. The van der Waals surface area contributed by atoms with Gasteiger partial charge in [0, 0.05) is 22.5 Å². The number of carbonyl (C=O) groups excluding carboxylic acids is 1. The Bertz CT molecular complexity index is 1040. The number of nitrogens with zero attached hydrogens (tertiary/aromatic N) is 1. The Labute approximate surface area is 172 Å². The van der Waals surface area contributed by atoms with Gasteiger partial charge in [0.05, 0.1) is 12.1 Å². The third-order valence-corrected chi connectivity index (χ3v) is 5.23. The number of para-hydroxylation sites is 1. The summed E-state index contributed by atoms with van der Waals surface area (Å²) in [6.07, 6.45) is 0.858. The van der Waals surface area contributed by atoms with E-state index < -0.39 is 0 Å². The molecule has 0 unspecified atom stereocenters. The number of hydrogen-bond donors (Lipinski definition) is 2. The van der Waals surface area contributed by atoms with Crippen LogP contribution in [0.1, 0.15) is 23.7 Å². The summed E-state index contributed by atoms with van der Waals surface area (Å²) in [5, 5.41) is 4.04. The zero-order valence-electron chi connectivity index (χ0n) is 15.4. The molecular weight excluding hydrogens is 394 g/mol. The van der Waals surface area contributed by atoms with Crippen LogP contribution in [0.5, 0.6) is 0 Å². The molecule has 2 aromatic carbocycles. The van der Waals surface area contributed by atoms with E-state index in [4.69, 9.17) is 11.6 Å². The minimum Gasteiger partial charge on any atom is -0.325 e. The van der Waals surface area contributed by atoms with Crippen molar-refractivity contribution in [2.75, 3.05) is 5.32 Å². The standard InChI is InChI=1S/C21H20ClN3O2S/c1-2-15-7-3-4-9-18(15)24-19(26)11-17-12-20(27)25-21(23-17)28-13-14-6-5-8-16(22)10-14/h3-10,12H,2,11,13H2,1H3,(H,24,26)(H,23,25,27). The lowest BCUT2D eigenvalue weighted by Crippen LogP contribution is -2.19. The van der Waals surface area contributed by atoms with Crippen LogP contribution in [0, 0.1) is 0 Å². The van der Waals surface area contributed by atoms with E-state index in [-0.39, 0.29) is 17.9 Å². The summed E-state index contributed by atoms with van der Waals surface area (Å²) in [5.74, 6) is 0.410. The SMILES string of the molecule is CCc1ccccc1NC(=O)Cc1cc(=O)[nH]c(SCc2cccc(Cl)c2)n1. The highest BCUT2D eigenvalue weighted by molar-refractivity contribution is 7.98. The van der Waals surface area contributed by atoms with Gasteiger partial charge in [-0.2, -0.15) is 0 Å². The van der Waals surface area contributed by atoms with Gasteiger partial charge in [0.25, 0.3) is 5.56 Å². The van der Waals surface area contributed by atoms with E-state index in [9.17, 15) is 9.59 Å². The van der Waals surface area contributed by atoms with Crippen molar-refractivity contribution in [3.63, 3.8) is 0 Å². The lowest BCUT2D eigenvalue weighted by molar-refractivity contribution is -0.115. The molecule has 5 nitrogen and oxygen atoms in total. The van der Waals surface area contributed by atoms with E-state index in [1.807, 2.05) is 55.5 Å². The maximum absolute atomic E-state index is 12.4. The summed E-state index contributed by atoms with van der Waals surface area (Å²) in [7, 11) is 0. The van der Waals surface area contributed by atoms with Crippen LogP contribution >= 0.6 is 23.4 Å². The molecule has 0 aliphatic heterocycles. The zero-order chi connectivity index (χ0) is 19.9. The summed E-state index contributed by atoms with van der Waals surface area (Å²) in [4.78, 5) is 31.5. The van der Waals surface area contributed by atoms with Gasteiger partial charge < -0.3 is 10.3 Å². The van der Waals surface area contributed by atoms with Crippen LogP contribution in [0.4, 0.5) is 5.69 Å². The van der Waals surface area contributed by atoms with Crippen molar-refractivity contribution in [1.29, 1.82) is 0 Å². The normalized spacial score (nSPS) is 10.6. The number of thioether (sulfide) groups is 1. The second-order valence-electron chi connectivity index (χ2n) is 6.20. The van der Waals surface area contributed by atoms with Crippen molar-refractivity contribution in [3.05, 3.63) is 86.8 Å². The monoisotopic (exact) mass is 413 g/mol. The average Bonchev–Trinajstić information content (AvgIpc) is 2.66. The van der Waals surface area contributed by atoms with Crippen LogP contribution < -0.4 is 10.9 Å². The predicted octanol–water partition coefficient (Wildman–Crippen LogP) is 4.46. The molecule has 1 amide bonds. The number of rotatable bonds is 7. The van der Waals surface area contributed by atoms with Crippen LogP contribution in [0.25, 0.3) is 0 Å². The molecule has 0 saturated heterocycles. The number of carbonyl (C=O) groups is 1. The number of nitrogens with one attached hydrogen (secondary N) is 2. The topological polar surface area (TPSA) is 74.8 Å². The first kappa shape index (κ1) is 20.2. The van der Waals surface area contributed by atoms with Crippen molar-refractivity contribution >= 4 is 35.0 Å². The highest BCUT2D eigenvalue weighted by Crippen LogP contribution is 2.21. The zero-order valence-corrected chi connectivity index (χ0v) is 16.9. The summed E-state index contributed by atoms with van der Waals surface area (Å²) in [6, 6.07) is 16.5. The molecule has 1 heterocycles. The first-order chi connectivity index (χ1) is 13.5. The van der Waals surface area contributed by atoms with Crippen LogP contribution in [0.2, 0.25) is 5.02 Å². The van der Waals surface area contributed by atoms with Gasteiger partial charge in [0.15, 0.2) is 5.16 Å². The molecule has 0 radical (unpaired) electrons. The first-order valence-corrected chi connectivity index (χ1v) is 10.2. The fourth-order valence-electron chi connectivity index (χ4n) is 2.73. The third kappa shape index (κ3) is 5.71. The maximum Gasteiger partial charge on any atom is 0.251 e. The number of aromatic nitrogens is 2. The number of aromatic amines is 1. The minimum absolute atomic E-state index is 0.0344. The maximum atomic E-state index is 12.4. The Kier molecular flexibility index (Phi) is 6.90. The average molecular weight is 414 g/mol. The first-order valence-electron chi connectivity index (χ1n) is 8.88. The van der Waals surface area contributed by atoms with Crippen molar-refractivity contribution in [2.24, 2.45) is 0 Å². The van der Waals surface area contributed by atoms with Gasteiger partial charge in [-0.1, -0.05) is 60.6 Å². The number of halogens is 1. The van der Waals surface area contributed by atoms with E-state index in [1.165, 1.54) is 17.8 Å². The molecule has 0 atom stereocenters. The van der Waals surface area contributed by atoms with Gasteiger partial charge in [-0.25, -0.2) is 4.98 Å². The smallest absolute Gasteiger partial charge is 0.251 e. The van der Waals surface area contributed by atoms with E-state index >= 15 is 0 Å². The fraction of sp³-hybridized carbons (Fsp3) is 0.190. The lowest BCUT2D eigenvalue weighted by atomic mass is 10.1. The van der Waals surface area contributed by atoms with Gasteiger partial charge in [-0.15, -0.1) is 0 Å². The summed E-state index contributed by atoms with van der Waals surface area (Å²) < 4.78 is 0. The van der Waals surface area contributed by atoms with Crippen molar-refractivity contribution in [3.8, 4) is 0 Å². The molecular formula is C21H20ClN3O2S. The molecule has 0 spiro atoms. The van der Waals surface area contributed by atoms with Gasteiger partial charge >= 0.3 is 0 Å². The highest BCUT2D eigenvalue weighted by atomic mass is 35.5. The quantitative estimate of drug-likeness (QED) is 0.443. The molecule has 0 aliphatic rings. The number of amides is 1. The van der Waals surface area contributed by atoms with Crippen LogP contribution in [-0.4, -0.2) is 15.9 Å². The largest absolute Gasteiger partial charge is 0.325 e. The Balaban J connectivity index is 1.67. The highest BCUT2D eigenvalue weighted by Gasteiger charge is 2.10. The Morgan fingerprint density at radius 3 is 2.79 bits per heavy atom. The molecule has 0 aliphatic carbocycles. The number of hydrogen-bond acceptors (Lipinski definition) is 4. The number of H-pyrrole nitrogens is 1. The molecule has 2 N–H and O–H groups in total. The van der Waals surface area contributed by atoms with Crippen LogP contribution in [0.15, 0.2) is 64.5 Å². The number of aryl methyl sites for hydroxylation is 1. The number of anilines is 1. The third-order valence-electron chi connectivity index (χ3n) is 4.05. The summed E-state index contributed by atoms with van der Waals surface area (Å²) in [5.41, 5.74) is 3.03. The van der Waals surface area contributed by atoms with E-state index in [0.29, 0.717) is 21.6 Å². The van der Waals surface area contributed by atoms with Crippen molar-refractivity contribution < 1.29 is 4.79 Å². The molecule has 1 aromatic heterocycles. The van der Waals surface area contributed by atoms with Gasteiger partial charge in [-0.05, 0) is 35.7 Å². The Morgan fingerprint density at radius 1 is 1.18 bits per heavy atom. The summed E-state index contributed by atoms with van der Waals surface area (Å²) >= 11 is 7.39. The van der Waals surface area contributed by atoms with E-state index in [1.54, 1.807) is 0 Å². The van der Waals surface area contributed by atoms with Crippen molar-refractivity contribution in [1.82, 2.24) is 9.97 Å². The fourth-order valence-corrected chi connectivity index (χ4v) is 3.78. The molecule has 0 bridgehead atoms. The van der Waals surface area contributed by atoms with Gasteiger partial charge in [0.2, 0.25) is 5.91 Å². The number of benzene rings is 2. The molecule has 3 rings (SSSR count). The molecule has 144 valence electrons. The summed E-state index contributed by atoms with van der Waals surface area (Å²) in [6.45, 7) is 2.03. The Morgan fingerprint density at radius 2 is 2.00 bits per heavy atom. The van der Waals surface area contributed by atoms with Crippen molar-refractivity contribution in [2.45, 2.75) is 30.7 Å². The second-order valence-corrected chi connectivity index (χ2v) is 7.60. The van der Waals surface area contributed by atoms with Crippen LogP contribution in [-0.2, 0) is 23.4 Å². The van der Waals surface area contributed by atoms with Crippen LogP contribution in [0.3, 0.4) is 0 Å². The Hall–Kier alpha value is -2.57. The van der Waals surface area contributed by atoms with E-state index in [0.717, 1.165) is 23.2 Å². The van der Waals surface area contributed by atoms with Gasteiger partial charge in [0.1, 0.15) is 0 Å². The minimum atomic E-state index is -0.277. The predicted molar refractivity (Wildman–Crippen MR) is 114 cm³/mol. The molecule has 0 saturated carbocycles. The molecule has 7 heteroatoms. The molecule has 28 heavy (non-hydrogen) atoms.